The second-order valence-electron chi connectivity index (χ2n) is 7.89. The van der Waals surface area contributed by atoms with Gasteiger partial charge in [0, 0.05) is 6.04 Å². The largest absolute Gasteiger partial charge is 0.394 e. The normalized spacial score (nSPS) is 12.7. The molecule has 2 N–H and O–H groups in total. The van der Waals surface area contributed by atoms with Gasteiger partial charge in [0.1, 0.15) is 0 Å². The molecule has 0 saturated carbocycles. The molecule has 166 valence electrons. The van der Waals surface area contributed by atoms with Crippen molar-refractivity contribution in [3.8, 4) is 0 Å². The third-order valence-electron chi connectivity index (χ3n) is 5.01. The van der Waals surface area contributed by atoms with Crippen LogP contribution < -0.4 is 0 Å². The lowest BCUT2D eigenvalue weighted by Crippen LogP contribution is -2.27. The first-order valence-corrected chi connectivity index (χ1v) is 12.5. The smallest absolute Gasteiger partial charge is 0.306 e. The Bertz CT molecular complexity index is 378. The molecule has 0 aliphatic rings. The van der Waals surface area contributed by atoms with Gasteiger partial charge in [-0.15, -0.1) is 0 Å². The lowest BCUT2D eigenvalue weighted by atomic mass is 9.99. The maximum Gasteiger partial charge on any atom is 0.394 e. The van der Waals surface area contributed by atoms with Crippen LogP contribution in [0.15, 0.2) is 0 Å². The maximum absolute atomic E-state index is 8.74. The minimum Gasteiger partial charge on any atom is -0.306 e. The topological polar surface area (TPSA) is 77.8 Å². The lowest BCUT2D eigenvalue weighted by molar-refractivity contribution is 0.251. The molecule has 0 spiro atoms. The summed E-state index contributed by atoms with van der Waals surface area (Å²) in [5.74, 6) is 0. The van der Waals surface area contributed by atoms with E-state index in [1.54, 1.807) is 0 Å². The van der Waals surface area contributed by atoms with Crippen LogP contribution in [0.2, 0.25) is 0 Å². The highest BCUT2D eigenvalue weighted by atomic mass is 32.3. The first-order valence-electron chi connectivity index (χ1n) is 11.1. The standard InChI is InChI=1S/C21H45N.H2O4S/c1-5-7-9-11-12-13-14-16-18-20-21(22(3)4)19-17-15-10-8-6-2;1-5(2,3)4/h21H,5-20H2,1-4H3;(H2,1,2,3,4). The van der Waals surface area contributed by atoms with E-state index < -0.39 is 10.4 Å². The van der Waals surface area contributed by atoms with Crippen LogP contribution in [0.25, 0.3) is 0 Å². The molecule has 5 nitrogen and oxygen atoms in total. The second kappa shape index (κ2) is 20.6. The van der Waals surface area contributed by atoms with Crippen molar-refractivity contribution in [3.63, 3.8) is 0 Å². The molecule has 0 saturated heterocycles. The first-order chi connectivity index (χ1) is 12.7. The van der Waals surface area contributed by atoms with Gasteiger partial charge in [-0.25, -0.2) is 0 Å². The van der Waals surface area contributed by atoms with Crippen molar-refractivity contribution in [3.05, 3.63) is 0 Å². The van der Waals surface area contributed by atoms with Crippen LogP contribution in [0.3, 0.4) is 0 Å². The molecule has 0 fully saturated rings. The van der Waals surface area contributed by atoms with Gasteiger partial charge in [0.15, 0.2) is 0 Å². The van der Waals surface area contributed by atoms with Gasteiger partial charge in [-0.05, 0) is 26.9 Å². The van der Waals surface area contributed by atoms with Gasteiger partial charge in [0.05, 0.1) is 0 Å². The van der Waals surface area contributed by atoms with Crippen molar-refractivity contribution >= 4 is 10.4 Å². The molecule has 0 aromatic carbocycles. The highest BCUT2D eigenvalue weighted by Gasteiger charge is 2.10. The van der Waals surface area contributed by atoms with Gasteiger partial charge >= 0.3 is 10.4 Å². The fourth-order valence-corrected chi connectivity index (χ4v) is 3.33. The van der Waals surface area contributed by atoms with E-state index in [1.807, 2.05) is 0 Å². The predicted molar refractivity (Wildman–Crippen MR) is 117 cm³/mol. The molecule has 0 aliphatic heterocycles. The summed E-state index contributed by atoms with van der Waals surface area (Å²) in [4.78, 5) is 2.46. The van der Waals surface area contributed by atoms with Crippen LogP contribution >= 0.6 is 0 Å². The Kier molecular flexibility index (Phi) is 22.1. The summed E-state index contributed by atoms with van der Waals surface area (Å²) in [5.41, 5.74) is 0. The summed E-state index contributed by atoms with van der Waals surface area (Å²) in [6.45, 7) is 4.59. The molecule has 0 aliphatic carbocycles. The van der Waals surface area contributed by atoms with E-state index in [4.69, 9.17) is 17.5 Å². The number of unbranched alkanes of at least 4 members (excludes halogenated alkanes) is 12. The van der Waals surface area contributed by atoms with Crippen LogP contribution in [0.4, 0.5) is 0 Å². The molecule has 1 atom stereocenters. The second-order valence-corrected chi connectivity index (χ2v) is 8.78. The minimum atomic E-state index is -4.67. The Hall–Kier alpha value is -0.170. The number of hydrogen-bond acceptors (Lipinski definition) is 3. The van der Waals surface area contributed by atoms with Crippen molar-refractivity contribution in [2.24, 2.45) is 0 Å². The zero-order chi connectivity index (χ0) is 21.0. The van der Waals surface area contributed by atoms with E-state index in [9.17, 15) is 0 Å². The zero-order valence-electron chi connectivity index (χ0n) is 18.5. The van der Waals surface area contributed by atoms with Crippen LogP contribution in [-0.2, 0) is 10.4 Å². The summed E-state index contributed by atoms with van der Waals surface area (Å²) in [6, 6.07) is 0.825. The molecule has 0 aromatic heterocycles. The molecule has 0 amide bonds. The van der Waals surface area contributed by atoms with Gasteiger partial charge in [-0.3, -0.25) is 9.11 Å². The Morgan fingerprint density at radius 2 is 0.889 bits per heavy atom. The average Bonchev–Trinajstić information content (AvgIpc) is 2.56. The fraction of sp³-hybridized carbons (Fsp3) is 1.00. The average molecular weight is 410 g/mol. The van der Waals surface area contributed by atoms with Gasteiger partial charge < -0.3 is 4.90 Å². The highest BCUT2D eigenvalue weighted by molar-refractivity contribution is 7.79. The molecule has 0 aromatic rings. The van der Waals surface area contributed by atoms with E-state index in [2.05, 4.69) is 32.8 Å². The molecular formula is C21H47NO4S. The monoisotopic (exact) mass is 409 g/mol. The quantitative estimate of drug-likeness (QED) is 0.210. The van der Waals surface area contributed by atoms with Gasteiger partial charge in [-0.2, -0.15) is 8.42 Å². The molecule has 0 radical (unpaired) electrons. The van der Waals surface area contributed by atoms with E-state index in [0.29, 0.717) is 0 Å². The van der Waals surface area contributed by atoms with Gasteiger partial charge in [0.2, 0.25) is 0 Å². The van der Waals surface area contributed by atoms with Gasteiger partial charge in [-0.1, -0.05) is 104 Å². The molecule has 0 rings (SSSR count). The summed E-state index contributed by atoms with van der Waals surface area (Å²) in [7, 11) is -0.130. The van der Waals surface area contributed by atoms with E-state index >= 15 is 0 Å². The number of nitrogens with zero attached hydrogens (tertiary/aromatic N) is 1. The predicted octanol–water partition coefficient (Wildman–Crippen LogP) is 6.55. The molecule has 0 bridgehead atoms. The molecule has 1 unspecified atom stereocenters. The molecular weight excluding hydrogens is 362 g/mol. The van der Waals surface area contributed by atoms with E-state index in [-0.39, 0.29) is 0 Å². The van der Waals surface area contributed by atoms with Crippen LogP contribution in [0, 0.1) is 0 Å². The first kappa shape index (κ1) is 29.0. The Labute approximate surface area is 169 Å². The SMILES string of the molecule is CCCCCCCCCCCC(CCCCCCC)N(C)C.O=S(=O)(O)O. The fourth-order valence-electron chi connectivity index (χ4n) is 3.33. The summed E-state index contributed by atoms with van der Waals surface area (Å²) >= 11 is 0. The van der Waals surface area contributed by atoms with Crippen molar-refractivity contribution in [1.82, 2.24) is 4.90 Å². The van der Waals surface area contributed by atoms with Crippen molar-refractivity contribution in [2.75, 3.05) is 14.1 Å². The zero-order valence-corrected chi connectivity index (χ0v) is 19.3. The number of hydrogen-bond donors (Lipinski definition) is 2. The number of rotatable bonds is 17. The summed E-state index contributed by atoms with van der Waals surface area (Å²) in [5, 5.41) is 0. The van der Waals surface area contributed by atoms with Crippen LogP contribution in [0.1, 0.15) is 117 Å². The third kappa shape index (κ3) is 30.8. The lowest BCUT2D eigenvalue weighted by Gasteiger charge is -2.24. The van der Waals surface area contributed by atoms with Crippen LogP contribution in [-0.4, -0.2) is 42.6 Å². The molecule has 27 heavy (non-hydrogen) atoms. The molecule has 6 heteroatoms. The highest BCUT2D eigenvalue weighted by Crippen LogP contribution is 2.17. The Morgan fingerprint density at radius 1 is 0.630 bits per heavy atom. The van der Waals surface area contributed by atoms with E-state index in [1.165, 1.54) is 103 Å². The van der Waals surface area contributed by atoms with Crippen molar-refractivity contribution < 1.29 is 17.5 Å². The Balaban J connectivity index is 0. The minimum absolute atomic E-state index is 0.825. The van der Waals surface area contributed by atoms with Crippen LogP contribution in [0.5, 0.6) is 0 Å². The summed E-state index contributed by atoms with van der Waals surface area (Å²) in [6.07, 6.45) is 22.9. The van der Waals surface area contributed by atoms with Crippen molar-refractivity contribution in [1.29, 1.82) is 0 Å². The maximum atomic E-state index is 8.74. The Morgan fingerprint density at radius 3 is 1.15 bits per heavy atom. The van der Waals surface area contributed by atoms with Crippen molar-refractivity contribution in [2.45, 2.75) is 123 Å². The summed E-state index contributed by atoms with van der Waals surface area (Å²) < 4.78 is 31.6. The third-order valence-corrected chi connectivity index (χ3v) is 5.01. The van der Waals surface area contributed by atoms with Gasteiger partial charge in [0.25, 0.3) is 0 Å². The molecule has 0 heterocycles. The van der Waals surface area contributed by atoms with E-state index in [0.717, 1.165) is 6.04 Å².